The predicted octanol–water partition coefficient (Wildman–Crippen LogP) is 3.74. The number of hydrogen-bond donors (Lipinski definition) is 4. The Morgan fingerprint density at radius 3 is 2.41 bits per heavy atom. The van der Waals surface area contributed by atoms with Crippen LogP contribution in [0.4, 0.5) is 11.4 Å². The van der Waals surface area contributed by atoms with Crippen LogP contribution in [0.1, 0.15) is 42.5 Å². The van der Waals surface area contributed by atoms with E-state index in [0.29, 0.717) is 23.0 Å². The van der Waals surface area contributed by atoms with Gasteiger partial charge in [0.1, 0.15) is 18.4 Å². The summed E-state index contributed by atoms with van der Waals surface area (Å²) in [7, 11) is -3.61. The fourth-order valence-electron chi connectivity index (χ4n) is 3.57. The molecule has 0 fully saturated rings. The summed E-state index contributed by atoms with van der Waals surface area (Å²) in [5.74, 6) is 2.32. The van der Waals surface area contributed by atoms with Gasteiger partial charge in [0.15, 0.2) is 0 Å². The molecule has 192 valence electrons. The minimum atomic E-state index is -3.61. The van der Waals surface area contributed by atoms with Crippen molar-refractivity contribution in [1.82, 2.24) is 0 Å². The van der Waals surface area contributed by atoms with Crippen LogP contribution >= 0.6 is 0 Å². The third-order valence-electron chi connectivity index (χ3n) is 5.46. The van der Waals surface area contributed by atoms with Crippen LogP contribution in [-0.2, 0) is 14.8 Å². The van der Waals surface area contributed by atoms with Crippen molar-refractivity contribution >= 4 is 33.2 Å². The molecule has 0 aromatic heterocycles. The second kappa shape index (κ2) is 11.6. The summed E-state index contributed by atoms with van der Waals surface area (Å²) in [6.45, 7) is 4.43. The SMILES string of the molecule is C#CCOc1ccc2c(c1)C(c1ccc(C(C)C)cc1)N=C(C(=O)O)N2.Nc1cccc(S(N)(=O)=O)c1. The van der Waals surface area contributed by atoms with Crippen molar-refractivity contribution in [2.75, 3.05) is 17.7 Å². The number of carbonyl (C=O) groups is 1. The van der Waals surface area contributed by atoms with Gasteiger partial charge in [-0.1, -0.05) is 50.1 Å². The van der Waals surface area contributed by atoms with Gasteiger partial charge in [-0.2, -0.15) is 0 Å². The molecule has 10 heteroatoms. The standard InChI is InChI=1S/C21H20N2O3.C6H8N2O2S/c1-4-11-26-16-9-10-18-17(12-16)19(23-20(22-18)21(24)25)15-7-5-14(6-8-15)13(2)3;7-5-2-1-3-6(4-5)11(8,9)10/h1,5-10,12-13,19H,11H2,2-3H3,(H,22,23)(H,24,25);1-4H,7H2,(H2,8,9,10). The van der Waals surface area contributed by atoms with E-state index in [1.807, 2.05) is 18.2 Å². The second-order valence-corrected chi connectivity index (χ2v) is 10.1. The lowest BCUT2D eigenvalue weighted by Crippen LogP contribution is -2.28. The first-order chi connectivity index (χ1) is 17.5. The molecule has 1 aliphatic rings. The van der Waals surface area contributed by atoms with Gasteiger partial charge in [0.2, 0.25) is 15.9 Å². The zero-order chi connectivity index (χ0) is 27.2. The number of terminal acetylenes is 1. The zero-order valence-corrected chi connectivity index (χ0v) is 21.2. The van der Waals surface area contributed by atoms with E-state index in [1.54, 1.807) is 18.2 Å². The summed E-state index contributed by atoms with van der Waals surface area (Å²) in [6, 6.07) is 18.9. The van der Waals surface area contributed by atoms with Crippen LogP contribution < -0.4 is 20.9 Å². The lowest BCUT2D eigenvalue weighted by atomic mass is 9.93. The first kappa shape index (κ1) is 27.3. The Morgan fingerprint density at radius 1 is 1.16 bits per heavy atom. The Morgan fingerprint density at radius 2 is 1.86 bits per heavy atom. The topological polar surface area (TPSA) is 157 Å². The Bertz CT molecular complexity index is 1460. The third kappa shape index (κ3) is 7.10. The lowest BCUT2D eigenvalue weighted by molar-refractivity contribution is -0.129. The summed E-state index contributed by atoms with van der Waals surface area (Å²) in [4.78, 5) is 15.9. The van der Waals surface area contributed by atoms with Gasteiger partial charge in [-0.3, -0.25) is 0 Å². The maximum atomic E-state index is 11.5. The second-order valence-electron chi connectivity index (χ2n) is 8.49. The molecule has 0 spiro atoms. The van der Waals surface area contributed by atoms with Gasteiger partial charge in [0, 0.05) is 16.9 Å². The number of fused-ring (bicyclic) bond motifs is 1. The Hall–Kier alpha value is -4.33. The number of nitrogens with zero attached hydrogens (tertiary/aromatic N) is 1. The Labute approximate surface area is 216 Å². The van der Waals surface area contributed by atoms with E-state index in [-0.39, 0.29) is 17.3 Å². The van der Waals surface area contributed by atoms with Crippen molar-refractivity contribution in [1.29, 1.82) is 0 Å². The minimum absolute atomic E-state index is 0.0394. The number of aliphatic imine (C=N–C) groups is 1. The largest absolute Gasteiger partial charge is 0.481 e. The minimum Gasteiger partial charge on any atom is -0.481 e. The molecule has 0 saturated heterocycles. The van der Waals surface area contributed by atoms with E-state index >= 15 is 0 Å². The maximum absolute atomic E-state index is 11.5. The maximum Gasteiger partial charge on any atom is 0.371 e. The van der Waals surface area contributed by atoms with Crippen LogP contribution in [0.15, 0.2) is 76.6 Å². The molecule has 0 amide bonds. The molecule has 0 aliphatic carbocycles. The zero-order valence-electron chi connectivity index (χ0n) is 20.4. The fourth-order valence-corrected chi connectivity index (χ4v) is 4.14. The first-order valence-corrected chi connectivity index (χ1v) is 12.8. The monoisotopic (exact) mass is 520 g/mol. The van der Waals surface area contributed by atoms with Crippen LogP contribution in [0.3, 0.4) is 0 Å². The van der Waals surface area contributed by atoms with Crippen LogP contribution in [-0.4, -0.2) is 31.9 Å². The van der Waals surface area contributed by atoms with Gasteiger partial charge in [-0.25, -0.2) is 23.3 Å². The van der Waals surface area contributed by atoms with Crippen molar-refractivity contribution in [2.24, 2.45) is 10.1 Å². The smallest absolute Gasteiger partial charge is 0.371 e. The summed E-state index contributed by atoms with van der Waals surface area (Å²) in [5.41, 5.74) is 9.41. The van der Waals surface area contributed by atoms with E-state index in [2.05, 4.69) is 42.2 Å². The highest BCUT2D eigenvalue weighted by atomic mass is 32.2. The van der Waals surface area contributed by atoms with Crippen LogP contribution in [0.5, 0.6) is 5.75 Å². The summed E-state index contributed by atoms with van der Waals surface area (Å²) in [6.07, 6.45) is 5.25. The first-order valence-electron chi connectivity index (χ1n) is 11.3. The van der Waals surface area contributed by atoms with Crippen LogP contribution in [0.2, 0.25) is 0 Å². The molecular weight excluding hydrogens is 492 g/mol. The van der Waals surface area contributed by atoms with Gasteiger partial charge in [0.25, 0.3) is 0 Å². The molecule has 0 radical (unpaired) electrons. The molecule has 1 unspecified atom stereocenters. The summed E-state index contributed by atoms with van der Waals surface area (Å²) >= 11 is 0. The average Bonchev–Trinajstić information content (AvgIpc) is 2.86. The van der Waals surface area contributed by atoms with E-state index in [4.69, 9.17) is 22.0 Å². The molecule has 1 atom stereocenters. The number of hydrogen-bond acceptors (Lipinski definition) is 7. The van der Waals surface area contributed by atoms with Crippen molar-refractivity contribution in [3.8, 4) is 18.1 Å². The molecule has 0 saturated carbocycles. The highest BCUT2D eigenvalue weighted by Gasteiger charge is 2.26. The third-order valence-corrected chi connectivity index (χ3v) is 6.37. The predicted molar refractivity (Wildman–Crippen MR) is 144 cm³/mol. The Balaban J connectivity index is 0.000000289. The molecule has 6 N–H and O–H groups in total. The molecule has 9 nitrogen and oxygen atoms in total. The van der Waals surface area contributed by atoms with Gasteiger partial charge in [-0.15, -0.1) is 6.42 Å². The molecule has 3 aromatic rings. The number of benzene rings is 3. The van der Waals surface area contributed by atoms with E-state index in [0.717, 1.165) is 11.1 Å². The van der Waals surface area contributed by atoms with Crippen LogP contribution in [0, 0.1) is 12.3 Å². The number of ether oxygens (including phenoxy) is 1. The van der Waals surface area contributed by atoms with Gasteiger partial charge in [0.05, 0.1) is 4.90 Å². The lowest BCUT2D eigenvalue weighted by Gasteiger charge is -2.25. The van der Waals surface area contributed by atoms with Gasteiger partial charge < -0.3 is 20.9 Å². The number of nitrogens with two attached hydrogens (primary N) is 2. The number of sulfonamides is 1. The molecule has 3 aromatic carbocycles. The summed E-state index contributed by atoms with van der Waals surface area (Å²) in [5, 5.41) is 17.1. The number of amidine groups is 1. The number of anilines is 2. The Kier molecular flexibility index (Phi) is 8.55. The van der Waals surface area contributed by atoms with Crippen molar-refractivity contribution in [2.45, 2.75) is 30.7 Å². The number of aliphatic carboxylic acids is 1. The van der Waals surface area contributed by atoms with E-state index in [9.17, 15) is 18.3 Å². The molecule has 1 aliphatic heterocycles. The van der Waals surface area contributed by atoms with Crippen molar-refractivity contribution in [3.05, 3.63) is 83.4 Å². The van der Waals surface area contributed by atoms with E-state index < -0.39 is 22.0 Å². The number of primary sulfonamides is 1. The molecule has 0 bridgehead atoms. The average molecular weight is 521 g/mol. The quantitative estimate of drug-likeness (QED) is 0.285. The molecule has 37 heavy (non-hydrogen) atoms. The summed E-state index contributed by atoms with van der Waals surface area (Å²) < 4.78 is 26.9. The van der Waals surface area contributed by atoms with E-state index in [1.165, 1.54) is 23.8 Å². The van der Waals surface area contributed by atoms with Gasteiger partial charge >= 0.3 is 5.97 Å². The molecule has 4 rings (SSSR count). The van der Waals surface area contributed by atoms with Gasteiger partial charge in [-0.05, 0) is 53.4 Å². The highest BCUT2D eigenvalue weighted by Crippen LogP contribution is 2.37. The van der Waals surface area contributed by atoms with Crippen molar-refractivity contribution in [3.63, 3.8) is 0 Å². The molecule has 1 heterocycles. The van der Waals surface area contributed by atoms with Crippen molar-refractivity contribution < 1.29 is 23.1 Å². The number of nitrogens with one attached hydrogen (secondary N) is 1. The molecular formula is C27H28N4O5S. The fraction of sp³-hybridized carbons (Fsp3) is 0.185. The van der Waals surface area contributed by atoms with Crippen LogP contribution in [0.25, 0.3) is 0 Å². The normalized spacial score (nSPS) is 14.2. The number of rotatable bonds is 6. The number of nitrogen functional groups attached to an aromatic ring is 1. The number of carboxylic acid groups (broad SMARTS) is 1. The highest BCUT2D eigenvalue weighted by molar-refractivity contribution is 7.89. The number of carboxylic acids is 1.